The molecule has 0 radical (unpaired) electrons. The lowest BCUT2D eigenvalue weighted by molar-refractivity contribution is 0.0910. The largest absolute Gasteiger partial charge is 0.500 e. The summed E-state index contributed by atoms with van der Waals surface area (Å²) in [6.07, 6.45) is 2.81. The Bertz CT molecular complexity index is 498. The molecule has 1 aromatic rings. The molecule has 0 spiro atoms. The van der Waals surface area contributed by atoms with E-state index in [0.717, 1.165) is 18.7 Å². The number of tetrazole rings is 1. The SMILES string of the molecule is C=COCCNCc1nnnn1C1CCN(C(=O)OCC)CC1. The van der Waals surface area contributed by atoms with E-state index in [2.05, 4.69) is 27.4 Å². The molecule has 1 aliphatic rings. The van der Waals surface area contributed by atoms with Crippen LogP contribution in [0.25, 0.3) is 0 Å². The molecule has 9 heteroatoms. The van der Waals surface area contributed by atoms with Crippen molar-refractivity contribution in [3.05, 3.63) is 18.7 Å². The summed E-state index contributed by atoms with van der Waals surface area (Å²) in [7, 11) is 0. The van der Waals surface area contributed by atoms with Crippen molar-refractivity contribution in [1.82, 2.24) is 30.4 Å². The number of nitrogens with one attached hydrogen (secondary N) is 1. The normalized spacial score (nSPS) is 15.4. The van der Waals surface area contributed by atoms with Gasteiger partial charge in [0, 0.05) is 19.6 Å². The molecule has 1 N–H and O–H groups in total. The number of carbonyl (C=O) groups excluding carboxylic acids is 1. The van der Waals surface area contributed by atoms with Crippen LogP contribution in [0.15, 0.2) is 12.8 Å². The molecule has 0 aliphatic carbocycles. The van der Waals surface area contributed by atoms with E-state index in [-0.39, 0.29) is 12.1 Å². The van der Waals surface area contributed by atoms with Gasteiger partial charge in [-0.1, -0.05) is 6.58 Å². The maximum atomic E-state index is 11.7. The Balaban J connectivity index is 1.81. The highest BCUT2D eigenvalue weighted by molar-refractivity contribution is 5.67. The first-order valence-corrected chi connectivity index (χ1v) is 7.88. The van der Waals surface area contributed by atoms with Gasteiger partial charge in [0.2, 0.25) is 0 Å². The van der Waals surface area contributed by atoms with Gasteiger partial charge < -0.3 is 19.7 Å². The minimum absolute atomic E-state index is 0.205. The number of ether oxygens (including phenoxy) is 2. The van der Waals surface area contributed by atoms with E-state index in [0.29, 0.717) is 39.4 Å². The van der Waals surface area contributed by atoms with Crippen molar-refractivity contribution in [2.24, 2.45) is 0 Å². The first-order valence-electron chi connectivity index (χ1n) is 7.88. The number of nitrogens with zero attached hydrogens (tertiary/aromatic N) is 5. The van der Waals surface area contributed by atoms with Gasteiger partial charge in [-0.2, -0.15) is 0 Å². The van der Waals surface area contributed by atoms with Crippen LogP contribution in [0.4, 0.5) is 4.79 Å². The molecule has 2 heterocycles. The van der Waals surface area contributed by atoms with E-state index < -0.39 is 0 Å². The van der Waals surface area contributed by atoms with Gasteiger partial charge in [0.15, 0.2) is 5.82 Å². The van der Waals surface area contributed by atoms with Gasteiger partial charge in [0.25, 0.3) is 0 Å². The summed E-state index contributed by atoms with van der Waals surface area (Å²) in [5.74, 6) is 0.790. The lowest BCUT2D eigenvalue weighted by Crippen LogP contribution is -2.40. The van der Waals surface area contributed by atoms with E-state index in [1.54, 1.807) is 4.90 Å². The summed E-state index contributed by atoms with van der Waals surface area (Å²) < 4.78 is 11.9. The van der Waals surface area contributed by atoms with Crippen molar-refractivity contribution >= 4 is 6.09 Å². The summed E-state index contributed by atoms with van der Waals surface area (Å²) in [6.45, 7) is 8.84. The third kappa shape index (κ3) is 4.92. The van der Waals surface area contributed by atoms with E-state index in [1.165, 1.54) is 6.26 Å². The second-order valence-corrected chi connectivity index (χ2v) is 5.17. The summed E-state index contributed by atoms with van der Waals surface area (Å²) in [5, 5.41) is 15.2. The molecule has 9 nitrogen and oxygen atoms in total. The summed E-state index contributed by atoms with van der Waals surface area (Å²) in [5.41, 5.74) is 0. The minimum Gasteiger partial charge on any atom is -0.500 e. The van der Waals surface area contributed by atoms with Crippen LogP contribution in [0.5, 0.6) is 0 Å². The molecule has 1 aliphatic heterocycles. The molecule has 1 amide bonds. The van der Waals surface area contributed by atoms with E-state index >= 15 is 0 Å². The minimum atomic E-state index is -0.244. The number of hydrogen-bond donors (Lipinski definition) is 1. The Kier molecular flexibility index (Phi) is 6.79. The molecule has 1 aromatic heterocycles. The lowest BCUT2D eigenvalue weighted by atomic mass is 10.1. The third-order valence-electron chi connectivity index (χ3n) is 3.69. The molecule has 0 aromatic carbocycles. The predicted molar refractivity (Wildman–Crippen MR) is 82.5 cm³/mol. The predicted octanol–water partition coefficient (Wildman–Crippen LogP) is 0.716. The van der Waals surface area contributed by atoms with Gasteiger partial charge in [-0.05, 0) is 30.2 Å². The topological polar surface area (TPSA) is 94.4 Å². The van der Waals surface area contributed by atoms with Crippen molar-refractivity contribution in [2.75, 3.05) is 32.8 Å². The highest BCUT2D eigenvalue weighted by Crippen LogP contribution is 2.22. The number of carbonyl (C=O) groups is 1. The van der Waals surface area contributed by atoms with Crippen LogP contribution in [0, 0.1) is 0 Å². The molecule has 0 atom stereocenters. The van der Waals surface area contributed by atoms with Gasteiger partial charge in [-0.15, -0.1) is 5.10 Å². The molecule has 2 rings (SSSR count). The summed E-state index contributed by atoms with van der Waals surface area (Å²) in [6, 6.07) is 0.205. The van der Waals surface area contributed by atoms with Crippen LogP contribution in [-0.2, 0) is 16.0 Å². The molecule has 0 unspecified atom stereocenters. The first-order chi connectivity index (χ1) is 11.3. The average Bonchev–Trinajstić information content (AvgIpc) is 3.03. The first kappa shape index (κ1) is 17.2. The van der Waals surface area contributed by atoms with Gasteiger partial charge in [-0.3, -0.25) is 0 Å². The lowest BCUT2D eigenvalue weighted by Gasteiger charge is -2.31. The Labute approximate surface area is 135 Å². The molecule has 128 valence electrons. The van der Waals surface area contributed by atoms with Crippen LogP contribution in [0.3, 0.4) is 0 Å². The number of aromatic nitrogens is 4. The van der Waals surface area contributed by atoms with Crippen LogP contribution in [0.2, 0.25) is 0 Å². The van der Waals surface area contributed by atoms with Gasteiger partial charge in [-0.25, -0.2) is 9.48 Å². The maximum absolute atomic E-state index is 11.7. The maximum Gasteiger partial charge on any atom is 0.409 e. The zero-order valence-electron chi connectivity index (χ0n) is 13.5. The Morgan fingerprint density at radius 1 is 1.48 bits per heavy atom. The third-order valence-corrected chi connectivity index (χ3v) is 3.69. The number of rotatable bonds is 8. The standard InChI is InChI=1S/C14H24N6O3/c1-3-22-10-7-15-11-13-16-17-18-20(13)12-5-8-19(9-6-12)14(21)23-4-2/h3,12,15H,1,4-11H2,2H3. The van der Waals surface area contributed by atoms with Gasteiger partial charge >= 0.3 is 6.09 Å². The van der Waals surface area contributed by atoms with E-state index in [9.17, 15) is 4.79 Å². The highest BCUT2D eigenvalue weighted by atomic mass is 16.6. The Morgan fingerprint density at radius 3 is 2.96 bits per heavy atom. The number of hydrogen-bond acceptors (Lipinski definition) is 7. The monoisotopic (exact) mass is 324 g/mol. The quantitative estimate of drug-likeness (QED) is 0.556. The van der Waals surface area contributed by atoms with Crippen molar-refractivity contribution in [3.63, 3.8) is 0 Å². The van der Waals surface area contributed by atoms with Crippen LogP contribution in [-0.4, -0.2) is 64.0 Å². The van der Waals surface area contributed by atoms with Gasteiger partial charge in [0.05, 0.1) is 32.1 Å². The summed E-state index contributed by atoms with van der Waals surface area (Å²) in [4.78, 5) is 13.4. The highest BCUT2D eigenvalue weighted by Gasteiger charge is 2.26. The Hall–Kier alpha value is -2.16. The molecule has 1 saturated heterocycles. The summed E-state index contributed by atoms with van der Waals surface area (Å²) >= 11 is 0. The number of likely N-dealkylation sites (tertiary alicyclic amines) is 1. The molecule has 1 fully saturated rings. The molecule has 0 bridgehead atoms. The zero-order valence-corrected chi connectivity index (χ0v) is 13.5. The van der Waals surface area contributed by atoms with Crippen molar-refractivity contribution in [3.8, 4) is 0 Å². The van der Waals surface area contributed by atoms with Crippen LogP contribution in [0.1, 0.15) is 31.6 Å². The number of piperidine rings is 1. The second kappa shape index (κ2) is 9.09. The second-order valence-electron chi connectivity index (χ2n) is 5.17. The van der Waals surface area contributed by atoms with Crippen molar-refractivity contribution < 1.29 is 14.3 Å². The van der Waals surface area contributed by atoms with E-state index in [1.807, 2.05) is 11.6 Å². The molecular weight excluding hydrogens is 300 g/mol. The van der Waals surface area contributed by atoms with Crippen LogP contribution >= 0.6 is 0 Å². The fourth-order valence-electron chi connectivity index (χ4n) is 2.53. The fourth-order valence-corrected chi connectivity index (χ4v) is 2.53. The average molecular weight is 324 g/mol. The van der Waals surface area contributed by atoms with Crippen molar-refractivity contribution in [1.29, 1.82) is 0 Å². The fraction of sp³-hybridized carbons (Fsp3) is 0.714. The Morgan fingerprint density at radius 2 is 2.26 bits per heavy atom. The number of amides is 1. The molecule has 0 saturated carbocycles. The van der Waals surface area contributed by atoms with Crippen molar-refractivity contribution in [2.45, 2.75) is 32.4 Å². The van der Waals surface area contributed by atoms with Crippen LogP contribution < -0.4 is 5.32 Å². The smallest absolute Gasteiger partial charge is 0.409 e. The van der Waals surface area contributed by atoms with Gasteiger partial charge in [0.1, 0.15) is 0 Å². The molecular formula is C14H24N6O3. The molecule has 23 heavy (non-hydrogen) atoms. The zero-order chi connectivity index (χ0) is 16.5. The van der Waals surface area contributed by atoms with E-state index in [4.69, 9.17) is 9.47 Å².